The minimum absolute atomic E-state index is 0.110. The summed E-state index contributed by atoms with van der Waals surface area (Å²) < 4.78 is 0. The number of carbonyl (C=O) groups excluding carboxylic acids is 1. The van der Waals surface area contributed by atoms with Crippen LogP contribution in [0.15, 0.2) is 0 Å². The van der Waals surface area contributed by atoms with Crippen molar-refractivity contribution < 1.29 is 9.90 Å². The molecule has 0 bridgehead atoms. The topological polar surface area (TPSA) is 49.3 Å². The highest BCUT2D eigenvalue weighted by Crippen LogP contribution is 2.21. The van der Waals surface area contributed by atoms with Crippen molar-refractivity contribution in [1.29, 1.82) is 0 Å². The van der Waals surface area contributed by atoms with E-state index in [1.54, 1.807) is 13.8 Å². The zero-order chi connectivity index (χ0) is 8.48. The monoisotopic (exact) mass is 157 g/mol. The van der Waals surface area contributed by atoms with Crippen LogP contribution in [0.25, 0.3) is 0 Å². The second-order valence-corrected chi connectivity index (χ2v) is 3.89. The summed E-state index contributed by atoms with van der Waals surface area (Å²) in [5.41, 5.74) is -0.642. The molecule has 1 atom stereocenters. The minimum atomic E-state index is -0.642. The van der Waals surface area contributed by atoms with Gasteiger partial charge in [0.2, 0.25) is 5.91 Å². The van der Waals surface area contributed by atoms with Gasteiger partial charge in [0.15, 0.2) is 0 Å². The van der Waals surface area contributed by atoms with E-state index in [2.05, 4.69) is 5.32 Å². The lowest BCUT2D eigenvalue weighted by molar-refractivity contribution is -0.119. The van der Waals surface area contributed by atoms with Gasteiger partial charge in [0.25, 0.3) is 0 Å². The molecule has 1 heterocycles. The number of nitrogens with one attached hydrogen (secondary N) is 1. The molecule has 0 aromatic rings. The van der Waals surface area contributed by atoms with Crippen LogP contribution in [0, 0.1) is 5.92 Å². The summed E-state index contributed by atoms with van der Waals surface area (Å²) in [6, 6.07) is 0. The van der Waals surface area contributed by atoms with Gasteiger partial charge in [-0.3, -0.25) is 4.79 Å². The van der Waals surface area contributed by atoms with E-state index in [0.717, 1.165) is 6.54 Å². The van der Waals surface area contributed by atoms with E-state index in [1.807, 2.05) is 0 Å². The van der Waals surface area contributed by atoms with E-state index >= 15 is 0 Å². The van der Waals surface area contributed by atoms with Crippen LogP contribution < -0.4 is 5.32 Å². The molecule has 11 heavy (non-hydrogen) atoms. The average molecular weight is 157 g/mol. The van der Waals surface area contributed by atoms with Crippen LogP contribution in [0.1, 0.15) is 26.7 Å². The smallest absolute Gasteiger partial charge is 0.220 e. The van der Waals surface area contributed by atoms with Crippen LogP contribution in [0.3, 0.4) is 0 Å². The third kappa shape index (κ3) is 2.89. The molecule has 0 spiro atoms. The first-order chi connectivity index (χ1) is 4.97. The lowest BCUT2D eigenvalue weighted by atomic mass is 9.93. The van der Waals surface area contributed by atoms with Crippen molar-refractivity contribution in [2.24, 2.45) is 5.92 Å². The molecule has 0 aromatic carbocycles. The molecular formula is C8H15NO2. The lowest BCUT2D eigenvalue weighted by Crippen LogP contribution is -2.24. The van der Waals surface area contributed by atoms with E-state index in [9.17, 15) is 9.90 Å². The van der Waals surface area contributed by atoms with Crippen LogP contribution in [0.2, 0.25) is 0 Å². The van der Waals surface area contributed by atoms with Gasteiger partial charge in [0, 0.05) is 13.0 Å². The van der Waals surface area contributed by atoms with E-state index in [0.29, 0.717) is 18.8 Å². The fourth-order valence-corrected chi connectivity index (χ4v) is 1.52. The van der Waals surface area contributed by atoms with Crippen LogP contribution in [-0.2, 0) is 4.79 Å². The first-order valence-corrected chi connectivity index (χ1v) is 3.96. The molecule has 1 aliphatic heterocycles. The van der Waals surface area contributed by atoms with Gasteiger partial charge < -0.3 is 10.4 Å². The molecule has 1 fully saturated rings. The van der Waals surface area contributed by atoms with E-state index < -0.39 is 5.60 Å². The van der Waals surface area contributed by atoms with Crippen LogP contribution in [-0.4, -0.2) is 23.2 Å². The largest absolute Gasteiger partial charge is 0.390 e. The third-order valence-corrected chi connectivity index (χ3v) is 1.85. The van der Waals surface area contributed by atoms with Gasteiger partial charge in [-0.1, -0.05) is 0 Å². The second kappa shape index (κ2) is 2.81. The number of hydrogen-bond donors (Lipinski definition) is 2. The molecule has 1 rings (SSSR count). The van der Waals surface area contributed by atoms with Crippen molar-refractivity contribution in [2.45, 2.75) is 32.3 Å². The predicted octanol–water partition coefficient (Wildman–Crippen LogP) is 0.283. The van der Waals surface area contributed by atoms with Crippen molar-refractivity contribution in [1.82, 2.24) is 5.32 Å². The van der Waals surface area contributed by atoms with Gasteiger partial charge in [-0.2, -0.15) is 0 Å². The number of carbonyl (C=O) groups is 1. The fraction of sp³-hybridized carbons (Fsp3) is 0.875. The summed E-state index contributed by atoms with van der Waals surface area (Å²) in [5.74, 6) is 0.432. The Morgan fingerprint density at radius 3 is 2.73 bits per heavy atom. The Bertz CT molecular complexity index is 160. The van der Waals surface area contributed by atoms with E-state index in [1.165, 1.54) is 0 Å². The molecular weight excluding hydrogens is 142 g/mol. The molecule has 0 radical (unpaired) electrons. The molecule has 0 saturated carbocycles. The normalized spacial score (nSPS) is 25.4. The van der Waals surface area contributed by atoms with Crippen LogP contribution in [0.5, 0.6) is 0 Å². The molecule has 3 nitrogen and oxygen atoms in total. The van der Waals surface area contributed by atoms with Crippen molar-refractivity contribution in [3.05, 3.63) is 0 Å². The molecule has 1 aliphatic rings. The number of amides is 1. The number of hydrogen-bond acceptors (Lipinski definition) is 2. The summed E-state index contributed by atoms with van der Waals surface area (Å²) in [6.07, 6.45) is 1.27. The van der Waals surface area contributed by atoms with Gasteiger partial charge in [-0.05, 0) is 26.2 Å². The van der Waals surface area contributed by atoms with Crippen LogP contribution >= 0.6 is 0 Å². The molecule has 0 aliphatic carbocycles. The molecule has 1 saturated heterocycles. The first kappa shape index (κ1) is 8.53. The molecule has 2 N–H and O–H groups in total. The Hall–Kier alpha value is -0.570. The van der Waals surface area contributed by atoms with Crippen LogP contribution in [0.4, 0.5) is 0 Å². The Kier molecular flexibility index (Phi) is 2.18. The highest BCUT2D eigenvalue weighted by molar-refractivity contribution is 5.78. The Labute approximate surface area is 66.8 Å². The van der Waals surface area contributed by atoms with Gasteiger partial charge in [0.1, 0.15) is 0 Å². The molecule has 3 heteroatoms. The fourth-order valence-electron chi connectivity index (χ4n) is 1.52. The minimum Gasteiger partial charge on any atom is -0.390 e. The summed E-state index contributed by atoms with van der Waals surface area (Å²) in [7, 11) is 0. The maximum atomic E-state index is 10.7. The Morgan fingerprint density at radius 2 is 2.36 bits per heavy atom. The number of rotatable bonds is 2. The molecule has 1 amide bonds. The first-order valence-electron chi connectivity index (χ1n) is 3.96. The van der Waals surface area contributed by atoms with Gasteiger partial charge in [-0.15, -0.1) is 0 Å². The van der Waals surface area contributed by atoms with Crippen molar-refractivity contribution in [3.63, 3.8) is 0 Å². The average Bonchev–Trinajstić information content (AvgIpc) is 2.10. The Balaban J connectivity index is 2.34. The van der Waals surface area contributed by atoms with E-state index in [4.69, 9.17) is 0 Å². The standard InChI is InChI=1S/C8H15NO2/c1-8(2,11)4-6-3-7(10)9-5-6/h6,11H,3-5H2,1-2H3,(H,9,10)/t6-/m1/s1. The molecule has 0 unspecified atom stereocenters. The van der Waals surface area contributed by atoms with E-state index in [-0.39, 0.29) is 5.91 Å². The summed E-state index contributed by atoms with van der Waals surface area (Å²) in [5, 5.41) is 12.2. The lowest BCUT2D eigenvalue weighted by Gasteiger charge is -2.20. The summed E-state index contributed by atoms with van der Waals surface area (Å²) in [6.45, 7) is 4.27. The molecule has 0 aromatic heterocycles. The SMILES string of the molecule is CC(C)(O)C[C@@H]1CNC(=O)C1. The number of aliphatic hydroxyl groups is 1. The third-order valence-electron chi connectivity index (χ3n) is 1.85. The zero-order valence-corrected chi connectivity index (χ0v) is 7.05. The van der Waals surface area contributed by atoms with Crippen molar-refractivity contribution in [2.75, 3.05) is 6.54 Å². The van der Waals surface area contributed by atoms with Gasteiger partial charge in [-0.25, -0.2) is 0 Å². The van der Waals surface area contributed by atoms with Gasteiger partial charge in [0.05, 0.1) is 5.60 Å². The predicted molar refractivity (Wildman–Crippen MR) is 42.0 cm³/mol. The molecule has 64 valence electrons. The quantitative estimate of drug-likeness (QED) is 0.605. The summed E-state index contributed by atoms with van der Waals surface area (Å²) in [4.78, 5) is 10.7. The zero-order valence-electron chi connectivity index (χ0n) is 7.05. The maximum absolute atomic E-state index is 10.7. The van der Waals surface area contributed by atoms with Gasteiger partial charge >= 0.3 is 0 Å². The highest BCUT2D eigenvalue weighted by Gasteiger charge is 2.26. The summed E-state index contributed by atoms with van der Waals surface area (Å²) >= 11 is 0. The highest BCUT2D eigenvalue weighted by atomic mass is 16.3. The second-order valence-electron chi connectivity index (χ2n) is 3.89. The van der Waals surface area contributed by atoms with Crippen molar-refractivity contribution >= 4 is 5.91 Å². The maximum Gasteiger partial charge on any atom is 0.220 e. The van der Waals surface area contributed by atoms with Crippen molar-refractivity contribution in [3.8, 4) is 0 Å². The Morgan fingerprint density at radius 1 is 1.73 bits per heavy atom.